The van der Waals surface area contributed by atoms with Crippen molar-refractivity contribution < 1.29 is 0 Å². The van der Waals surface area contributed by atoms with E-state index in [4.69, 9.17) is 5.73 Å². The van der Waals surface area contributed by atoms with Gasteiger partial charge in [0.25, 0.3) is 0 Å². The van der Waals surface area contributed by atoms with E-state index in [1.165, 1.54) is 51.6 Å². The minimum Gasteiger partial charge on any atom is -0.370 e. The van der Waals surface area contributed by atoms with E-state index in [9.17, 15) is 0 Å². The number of likely N-dealkylation sites (tertiary alicyclic amines) is 2. The number of nitrogens with zero attached hydrogens (tertiary/aromatic N) is 3. The lowest BCUT2D eigenvalue weighted by atomic mass is 10.1. The minimum atomic E-state index is 0.545. The second kappa shape index (κ2) is 4.84. The standard InChI is InChI=1S/C13H24N4/c14-13(15-11-4-5-11)17-9-6-12(10-17)16-7-2-1-3-8-16/h11-12H,1-10H2,(H2,14,15). The lowest BCUT2D eigenvalue weighted by Gasteiger charge is -2.32. The van der Waals surface area contributed by atoms with Gasteiger partial charge in [0.2, 0.25) is 0 Å². The van der Waals surface area contributed by atoms with Gasteiger partial charge < -0.3 is 10.6 Å². The van der Waals surface area contributed by atoms with Gasteiger partial charge >= 0.3 is 0 Å². The quantitative estimate of drug-likeness (QED) is 0.575. The second-order valence-electron chi connectivity index (χ2n) is 5.70. The molecule has 2 aliphatic heterocycles. The van der Waals surface area contributed by atoms with E-state index in [0.717, 1.165) is 25.1 Å². The van der Waals surface area contributed by atoms with Crippen molar-refractivity contribution in [2.45, 2.75) is 50.6 Å². The molecule has 17 heavy (non-hydrogen) atoms. The SMILES string of the molecule is NC(=NC1CC1)N1CCC(N2CCCCC2)C1. The molecule has 1 atom stereocenters. The zero-order chi connectivity index (χ0) is 11.7. The first kappa shape index (κ1) is 11.3. The molecule has 1 saturated carbocycles. The van der Waals surface area contributed by atoms with Crippen LogP contribution in [0.1, 0.15) is 38.5 Å². The monoisotopic (exact) mass is 236 g/mol. The van der Waals surface area contributed by atoms with Gasteiger partial charge in [-0.05, 0) is 45.2 Å². The Balaban J connectivity index is 1.53. The zero-order valence-corrected chi connectivity index (χ0v) is 10.6. The van der Waals surface area contributed by atoms with Gasteiger partial charge in [-0.3, -0.25) is 4.90 Å². The summed E-state index contributed by atoms with van der Waals surface area (Å²) in [6.07, 6.45) is 7.91. The van der Waals surface area contributed by atoms with Gasteiger partial charge in [0.05, 0.1) is 6.04 Å². The average molecular weight is 236 g/mol. The Bertz CT molecular complexity index is 292. The fraction of sp³-hybridized carbons (Fsp3) is 0.923. The highest BCUT2D eigenvalue weighted by atomic mass is 15.3. The molecule has 0 aromatic carbocycles. The first-order chi connectivity index (χ1) is 8.33. The van der Waals surface area contributed by atoms with E-state index in [2.05, 4.69) is 14.8 Å². The highest BCUT2D eigenvalue weighted by Crippen LogP contribution is 2.25. The Morgan fingerprint density at radius 3 is 2.47 bits per heavy atom. The molecule has 4 heteroatoms. The Morgan fingerprint density at radius 1 is 1.00 bits per heavy atom. The van der Waals surface area contributed by atoms with Crippen LogP contribution in [0.2, 0.25) is 0 Å². The molecule has 2 heterocycles. The fourth-order valence-electron chi connectivity index (χ4n) is 3.00. The van der Waals surface area contributed by atoms with Crippen molar-refractivity contribution in [2.75, 3.05) is 26.2 Å². The van der Waals surface area contributed by atoms with Crippen molar-refractivity contribution >= 4 is 5.96 Å². The lowest BCUT2D eigenvalue weighted by molar-refractivity contribution is 0.169. The number of rotatable bonds is 2. The predicted octanol–water partition coefficient (Wildman–Crippen LogP) is 1.02. The Kier molecular flexibility index (Phi) is 3.23. The minimum absolute atomic E-state index is 0.545. The van der Waals surface area contributed by atoms with Gasteiger partial charge in [0, 0.05) is 19.1 Å². The normalized spacial score (nSPS) is 32.1. The molecule has 0 aromatic rings. The van der Waals surface area contributed by atoms with E-state index >= 15 is 0 Å². The molecule has 3 rings (SSSR count). The molecule has 1 aliphatic carbocycles. The summed E-state index contributed by atoms with van der Waals surface area (Å²) < 4.78 is 0. The molecule has 96 valence electrons. The van der Waals surface area contributed by atoms with Gasteiger partial charge in [-0.25, -0.2) is 4.99 Å². The van der Waals surface area contributed by atoms with Crippen molar-refractivity contribution in [1.29, 1.82) is 0 Å². The maximum absolute atomic E-state index is 6.07. The van der Waals surface area contributed by atoms with E-state index in [-0.39, 0.29) is 0 Å². The summed E-state index contributed by atoms with van der Waals surface area (Å²) in [7, 11) is 0. The van der Waals surface area contributed by atoms with E-state index < -0.39 is 0 Å². The first-order valence-electron chi connectivity index (χ1n) is 7.15. The van der Waals surface area contributed by atoms with Crippen LogP contribution in [0, 0.1) is 0 Å². The van der Waals surface area contributed by atoms with Gasteiger partial charge in [0.15, 0.2) is 5.96 Å². The molecule has 0 radical (unpaired) electrons. The molecule has 2 saturated heterocycles. The van der Waals surface area contributed by atoms with Crippen LogP contribution < -0.4 is 5.73 Å². The summed E-state index contributed by atoms with van der Waals surface area (Å²) >= 11 is 0. The number of hydrogen-bond donors (Lipinski definition) is 1. The van der Waals surface area contributed by atoms with Gasteiger partial charge in [-0.1, -0.05) is 6.42 Å². The Labute approximate surface area is 104 Å². The molecule has 0 spiro atoms. The molecular formula is C13H24N4. The van der Waals surface area contributed by atoms with Crippen LogP contribution in [-0.4, -0.2) is 54.0 Å². The fourth-order valence-corrected chi connectivity index (χ4v) is 3.00. The predicted molar refractivity (Wildman–Crippen MR) is 70.0 cm³/mol. The van der Waals surface area contributed by atoms with Crippen LogP contribution in [-0.2, 0) is 0 Å². The summed E-state index contributed by atoms with van der Waals surface area (Å²) in [5.74, 6) is 0.798. The van der Waals surface area contributed by atoms with Gasteiger partial charge in [-0.15, -0.1) is 0 Å². The molecule has 1 unspecified atom stereocenters. The third-order valence-electron chi connectivity index (χ3n) is 4.26. The third-order valence-corrected chi connectivity index (χ3v) is 4.26. The summed E-state index contributed by atoms with van der Waals surface area (Å²) in [4.78, 5) is 9.50. The summed E-state index contributed by atoms with van der Waals surface area (Å²) in [5, 5.41) is 0. The smallest absolute Gasteiger partial charge is 0.191 e. The summed E-state index contributed by atoms with van der Waals surface area (Å²) in [6.45, 7) is 4.78. The molecule has 4 nitrogen and oxygen atoms in total. The topological polar surface area (TPSA) is 44.9 Å². The second-order valence-corrected chi connectivity index (χ2v) is 5.70. The molecule has 0 aromatic heterocycles. The molecule has 3 aliphatic rings. The zero-order valence-electron chi connectivity index (χ0n) is 10.6. The van der Waals surface area contributed by atoms with Crippen LogP contribution in [0.25, 0.3) is 0 Å². The van der Waals surface area contributed by atoms with Crippen LogP contribution >= 0.6 is 0 Å². The molecule has 0 bridgehead atoms. The van der Waals surface area contributed by atoms with E-state index in [0.29, 0.717) is 6.04 Å². The van der Waals surface area contributed by atoms with E-state index in [1.807, 2.05) is 0 Å². The van der Waals surface area contributed by atoms with Crippen molar-refractivity contribution in [1.82, 2.24) is 9.80 Å². The van der Waals surface area contributed by atoms with Crippen molar-refractivity contribution in [3.05, 3.63) is 0 Å². The number of aliphatic imine (C=N–C) groups is 1. The highest BCUT2D eigenvalue weighted by Gasteiger charge is 2.30. The van der Waals surface area contributed by atoms with Crippen LogP contribution in [0.15, 0.2) is 4.99 Å². The van der Waals surface area contributed by atoms with Crippen molar-refractivity contribution in [3.63, 3.8) is 0 Å². The molecule has 2 N–H and O–H groups in total. The average Bonchev–Trinajstić information content (AvgIpc) is 3.04. The van der Waals surface area contributed by atoms with Gasteiger partial charge in [-0.2, -0.15) is 0 Å². The number of piperidine rings is 1. The maximum atomic E-state index is 6.07. The maximum Gasteiger partial charge on any atom is 0.191 e. The van der Waals surface area contributed by atoms with Crippen LogP contribution in [0.4, 0.5) is 0 Å². The van der Waals surface area contributed by atoms with Crippen molar-refractivity contribution in [2.24, 2.45) is 10.7 Å². The number of hydrogen-bond acceptors (Lipinski definition) is 2. The van der Waals surface area contributed by atoms with Crippen LogP contribution in [0.5, 0.6) is 0 Å². The van der Waals surface area contributed by atoms with Crippen LogP contribution in [0.3, 0.4) is 0 Å². The number of guanidine groups is 1. The third kappa shape index (κ3) is 2.73. The van der Waals surface area contributed by atoms with Crippen molar-refractivity contribution in [3.8, 4) is 0 Å². The lowest BCUT2D eigenvalue weighted by Crippen LogP contribution is -2.43. The molecule has 3 fully saturated rings. The number of nitrogens with two attached hydrogens (primary N) is 1. The first-order valence-corrected chi connectivity index (χ1v) is 7.15. The summed E-state index contributed by atoms with van der Waals surface area (Å²) in [6, 6.07) is 1.27. The van der Waals surface area contributed by atoms with Gasteiger partial charge in [0.1, 0.15) is 0 Å². The Morgan fingerprint density at radius 2 is 1.76 bits per heavy atom. The molecule has 0 amide bonds. The Hall–Kier alpha value is -0.770. The van der Waals surface area contributed by atoms with E-state index in [1.54, 1.807) is 0 Å². The largest absolute Gasteiger partial charge is 0.370 e. The molecular weight excluding hydrogens is 212 g/mol. The highest BCUT2D eigenvalue weighted by molar-refractivity contribution is 5.78. The summed E-state index contributed by atoms with van der Waals surface area (Å²) in [5.41, 5.74) is 6.07.